The van der Waals surface area contributed by atoms with Gasteiger partial charge in [0, 0.05) is 39.7 Å². The fourth-order valence-corrected chi connectivity index (χ4v) is 4.34. The van der Waals surface area contributed by atoms with E-state index in [1.54, 1.807) is 24.3 Å². The molecule has 0 heterocycles. The van der Waals surface area contributed by atoms with E-state index in [0.717, 1.165) is 35.7 Å². The van der Waals surface area contributed by atoms with Crippen LogP contribution >= 0.6 is 27.5 Å². The summed E-state index contributed by atoms with van der Waals surface area (Å²) in [6, 6.07) is 15.1. The van der Waals surface area contributed by atoms with Crippen LogP contribution in [-0.4, -0.2) is 11.6 Å². The highest BCUT2D eigenvalue weighted by Gasteiger charge is 2.31. The van der Waals surface area contributed by atoms with E-state index in [9.17, 15) is 9.59 Å². The van der Waals surface area contributed by atoms with E-state index < -0.39 is 0 Å². The van der Waals surface area contributed by atoms with Crippen LogP contribution < -0.4 is 0 Å². The number of Topliss-reactive ketones (excluding diaryl/α,β-unsaturated/α-hetero) is 2. The molecule has 1 saturated carbocycles. The molecular weight excluding hydrogens is 424 g/mol. The second-order valence-corrected chi connectivity index (χ2v) is 8.67. The molecule has 3 rings (SSSR count). The molecule has 0 radical (unpaired) electrons. The van der Waals surface area contributed by atoms with Crippen molar-refractivity contribution in [3.8, 4) is 0 Å². The van der Waals surface area contributed by atoms with Crippen molar-refractivity contribution in [1.29, 1.82) is 0 Å². The largest absolute Gasteiger partial charge is 0.299 e. The normalized spacial score (nSPS) is 19.2. The van der Waals surface area contributed by atoms with Gasteiger partial charge in [0.25, 0.3) is 0 Å². The van der Waals surface area contributed by atoms with Crippen LogP contribution in [0.25, 0.3) is 0 Å². The van der Waals surface area contributed by atoms with Crippen molar-refractivity contribution >= 4 is 39.1 Å². The van der Waals surface area contributed by atoms with Crippen LogP contribution in [0.4, 0.5) is 0 Å². The van der Waals surface area contributed by atoms with Crippen LogP contribution in [0.2, 0.25) is 5.02 Å². The molecule has 0 saturated heterocycles. The van der Waals surface area contributed by atoms with Gasteiger partial charge >= 0.3 is 0 Å². The predicted octanol–water partition coefficient (Wildman–Crippen LogP) is 7.00. The molecule has 2 aromatic rings. The van der Waals surface area contributed by atoms with Crippen LogP contribution in [0.3, 0.4) is 0 Å². The van der Waals surface area contributed by atoms with Gasteiger partial charge in [-0.1, -0.05) is 58.9 Å². The lowest BCUT2D eigenvalue weighted by atomic mass is 9.75. The molecule has 0 aliphatic heterocycles. The topological polar surface area (TPSA) is 34.1 Å². The van der Waals surface area contributed by atoms with Gasteiger partial charge in [-0.3, -0.25) is 9.59 Å². The van der Waals surface area contributed by atoms with Gasteiger partial charge in [-0.05, 0) is 54.8 Å². The lowest BCUT2D eigenvalue weighted by molar-refractivity contribution is -0.124. The van der Waals surface area contributed by atoms with Crippen molar-refractivity contribution in [3.05, 3.63) is 69.2 Å². The average Bonchev–Trinajstić information content (AvgIpc) is 2.65. The van der Waals surface area contributed by atoms with Crippen LogP contribution in [-0.2, 0) is 4.79 Å². The highest BCUT2D eigenvalue weighted by atomic mass is 79.9. The van der Waals surface area contributed by atoms with E-state index in [2.05, 4.69) is 15.9 Å². The Morgan fingerprint density at radius 1 is 1.00 bits per heavy atom. The maximum Gasteiger partial charge on any atom is 0.163 e. The first kappa shape index (κ1) is 20.3. The lowest BCUT2D eigenvalue weighted by Gasteiger charge is -2.28. The zero-order chi connectivity index (χ0) is 19.2. The van der Waals surface area contributed by atoms with Crippen molar-refractivity contribution < 1.29 is 9.59 Å². The van der Waals surface area contributed by atoms with Gasteiger partial charge in [-0.25, -0.2) is 0 Å². The molecule has 142 valence electrons. The maximum absolute atomic E-state index is 12.9. The van der Waals surface area contributed by atoms with Crippen molar-refractivity contribution in [2.45, 2.75) is 50.9 Å². The Morgan fingerprint density at radius 2 is 1.67 bits per heavy atom. The van der Waals surface area contributed by atoms with Crippen LogP contribution in [0, 0.1) is 5.92 Å². The summed E-state index contributed by atoms with van der Waals surface area (Å²) in [6.45, 7) is 0. The van der Waals surface area contributed by atoms with Gasteiger partial charge in [0.2, 0.25) is 0 Å². The molecule has 1 aliphatic rings. The number of carbonyl (C=O) groups excluding carboxylic acids is 2. The minimum absolute atomic E-state index is 0.0643. The maximum atomic E-state index is 12.9. The Morgan fingerprint density at radius 3 is 2.37 bits per heavy atom. The molecule has 0 bridgehead atoms. The molecule has 0 spiro atoms. The van der Waals surface area contributed by atoms with Gasteiger partial charge in [-0.2, -0.15) is 0 Å². The number of hydrogen-bond donors (Lipinski definition) is 0. The SMILES string of the molecule is O=C(C[C@@H](c1ccc(Br)cc1)[C@@H]1CCCCCCC1=O)c1ccc(Cl)cc1. The molecule has 4 heteroatoms. The van der Waals surface area contributed by atoms with E-state index in [0.29, 0.717) is 29.2 Å². The zero-order valence-corrected chi connectivity index (χ0v) is 17.6. The van der Waals surface area contributed by atoms with E-state index in [1.807, 2.05) is 24.3 Å². The van der Waals surface area contributed by atoms with Gasteiger partial charge in [-0.15, -0.1) is 0 Å². The third kappa shape index (κ3) is 5.52. The predicted molar refractivity (Wildman–Crippen MR) is 113 cm³/mol. The summed E-state index contributed by atoms with van der Waals surface area (Å²) in [4.78, 5) is 25.8. The number of benzene rings is 2. The summed E-state index contributed by atoms with van der Waals surface area (Å²) in [5.41, 5.74) is 1.72. The highest BCUT2D eigenvalue weighted by Crippen LogP contribution is 2.36. The fourth-order valence-electron chi connectivity index (χ4n) is 3.94. The van der Waals surface area contributed by atoms with Crippen molar-refractivity contribution in [3.63, 3.8) is 0 Å². The average molecular weight is 448 g/mol. The quantitative estimate of drug-likeness (QED) is 0.462. The summed E-state index contributed by atoms with van der Waals surface area (Å²) in [5, 5.41) is 0.617. The molecule has 2 nitrogen and oxygen atoms in total. The number of hydrogen-bond acceptors (Lipinski definition) is 2. The molecule has 0 amide bonds. The number of ketones is 2. The van der Waals surface area contributed by atoms with Crippen molar-refractivity contribution in [2.75, 3.05) is 0 Å². The molecule has 0 aromatic heterocycles. The van der Waals surface area contributed by atoms with Crippen molar-refractivity contribution in [1.82, 2.24) is 0 Å². The second kappa shape index (κ2) is 9.66. The van der Waals surface area contributed by atoms with Crippen LogP contribution in [0.15, 0.2) is 53.0 Å². The van der Waals surface area contributed by atoms with E-state index >= 15 is 0 Å². The molecule has 0 unspecified atom stereocenters. The van der Waals surface area contributed by atoms with Gasteiger partial charge < -0.3 is 0 Å². The molecule has 1 fully saturated rings. The summed E-state index contributed by atoms with van der Waals surface area (Å²) < 4.78 is 0.998. The van der Waals surface area contributed by atoms with Crippen LogP contribution in [0.5, 0.6) is 0 Å². The molecule has 27 heavy (non-hydrogen) atoms. The summed E-state index contributed by atoms with van der Waals surface area (Å²) >= 11 is 9.42. The second-order valence-electron chi connectivity index (χ2n) is 7.32. The minimum Gasteiger partial charge on any atom is -0.299 e. The fraction of sp³-hybridized carbons (Fsp3) is 0.391. The number of halogens is 2. The third-order valence-corrected chi connectivity index (χ3v) is 6.24. The summed E-state index contributed by atoms with van der Waals surface area (Å²) in [6.07, 6.45) is 6.17. The number of rotatable bonds is 5. The zero-order valence-electron chi connectivity index (χ0n) is 15.3. The van der Waals surface area contributed by atoms with E-state index in [-0.39, 0.29) is 17.6 Å². The Balaban J connectivity index is 1.88. The molecular formula is C23H24BrClO2. The minimum atomic E-state index is -0.0808. The van der Waals surface area contributed by atoms with E-state index in [1.165, 1.54) is 6.42 Å². The Hall–Kier alpha value is -1.45. The van der Waals surface area contributed by atoms with E-state index in [4.69, 9.17) is 11.6 Å². The Labute approximate surface area is 174 Å². The standard InChI is InChI=1S/C23H24BrClO2/c24-18-11-7-16(8-12-18)21(20-5-3-1-2-4-6-22(20)26)15-23(27)17-9-13-19(25)14-10-17/h7-14,20-21H,1-6,15H2/t20-,21-/m0/s1. The Bertz CT molecular complexity index is 783. The highest BCUT2D eigenvalue weighted by molar-refractivity contribution is 9.10. The summed E-state index contributed by atoms with van der Waals surface area (Å²) in [7, 11) is 0. The molecule has 0 N–H and O–H groups in total. The van der Waals surface area contributed by atoms with Crippen LogP contribution in [0.1, 0.15) is 66.8 Å². The summed E-state index contributed by atoms with van der Waals surface area (Å²) in [5.74, 6) is 0.218. The molecule has 1 aliphatic carbocycles. The monoisotopic (exact) mass is 446 g/mol. The van der Waals surface area contributed by atoms with Gasteiger partial charge in [0.1, 0.15) is 5.78 Å². The van der Waals surface area contributed by atoms with Gasteiger partial charge in [0.05, 0.1) is 0 Å². The Kier molecular flexibility index (Phi) is 7.26. The number of carbonyl (C=O) groups is 2. The lowest BCUT2D eigenvalue weighted by Crippen LogP contribution is -2.26. The van der Waals surface area contributed by atoms with Gasteiger partial charge in [0.15, 0.2) is 5.78 Å². The first-order valence-electron chi connectivity index (χ1n) is 9.61. The smallest absolute Gasteiger partial charge is 0.163 e. The first-order valence-corrected chi connectivity index (χ1v) is 10.8. The molecule has 2 atom stereocenters. The third-order valence-electron chi connectivity index (χ3n) is 5.46. The van der Waals surface area contributed by atoms with Crippen molar-refractivity contribution in [2.24, 2.45) is 5.92 Å². The first-order chi connectivity index (χ1) is 13.0. The molecule has 2 aromatic carbocycles.